The van der Waals surface area contributed by atoms with E-state index in [9.17, 15) is 9.59 Å². The summed E-state index contributed by atoms with van der Waals surface area (Å²) in [6, 6.07) is 7.40. The number of ether oxygens (including phenoxy) is 1. The van der Waals surface area contributed by atoms with Gasteiger partial charge < -0.3 is 10.1 Å². The van der Waals surface area contributed by atoms with Gasteiger partial charge in [0.15, 0.2) is 0 Å². The number of nitrogens with one attached hydrogen (secondary N) is 1. The van der Waals surface area contributed by atoms with Crippen molar-refractivity contribution in [2.24, 2.45) is 0 Å². The highest BCUT2D eigenvalue weighted by Crippen LogP contribution is 2.17. The molecule has 1 rings (SSSR count). The Balaban J connectivity index is 2.64. The summed E-state index contributed by atoms with van der Waals surface area (Å²) in [6.45, 7) is 9.34. The smallest absolute Gasteiger partial charge is 0.397 e. The van der Waals surface area contributed by atoms with E-state index >= 15 is 0 Å². The lowest BCUT2D eigenvalue weighted by molar-refractivity contribution is -0.161. The van der Waals surface area contributed by atoms with Gasteiger partial charge in [-0.25, -0.2) is 4.79 Å². The van der Waals surface area contributed by atoms with Crippen molar-refractivity contribution in [2.45, 2.75) is 46.1 Å². The molecule has 0 aliphatic heterocycles. The Morgan fingerprint density at radius 3 is 2.05 bits per heavy atom. The van der Waals surface area contributed by atoms with Gasteiger partial charge in [0.05, 0.1) is 0 Å². The van der Waals surface area contributed by atoms with Crippen molar-refractivity contribution in [2.75, 3.05) is 5.32 Å². The predicted octanol–water partition coefficient (Wildman–Crippen LogP) is 3.09. The van der Waals surface area contributed by atoms with Gasteiger partial charge >= 0.3 is 11.9 Å². The lowest BCUT2D eigenvalue weighted by Gasteiger charge is -2.18. The van der Waals surface area contributed by atoms with Crippen molar-refractivity contribution in [3.63, 3.8) is 0 Å². The Morgan fingerprint density at radius 2 is 1.63 bits per heavy atom. The zero-order valence-corrected chi connectivity index (χ0v) is 12.1. The zero-order valence-electron chi connectivity index (χ0n) is 12.1. The summed E-state index contributed by atoms with van der Waals surface area (Å²) in [7, 11) is 0. The Labute approximate surface area is 114 Å². The molecule has 0 unspecified atom stereocenters. The summed E-state index contributed by atoms with van der Waals surface area (Å²) < 4.78 is 4.98. The maximum atomic E-state index is 11.6. The molecule has 0 spiro atoms. The molecule has 1 amide bonds. The average Bonchev–Trinajstić information content (AvgIpc) is 2.27. The number of hydrogen-bond donors (Lipinski definition) is 1. The minimum Gasteiger partial charge on any atom is -0.453 e. The van der Waals surface area contributed by atoms with Crippen molar-refractivity contribution in [3.05, 3.63) is 29.8 Å². The summed E-state index contributed by atoms with van der Waals surface area (Å²) >= 11 is 0. The third-order valence-corrected chi connectivity index (χ3v) is 2.42. The molecule has 19 heavy (non-hydrogen) atoms. The van der Waals surface area contributed by atoms with Crippen molar-refractivity contribution in [3.8, 4) is 0 Å². The molecule has 0 heterocycles. The highest BCUT2D eigenvalue weighted by Gasteiger charge is 2.22. The van der Waals surface area contributed by atoms with E-state index in [1.165, 1.54) is 5.56 Å². The van der Waals surface area contributed by atoms with Crippen LogP contribution in [0.4, 0.5) is 5.69 Å². The van der Waals surface area contributed by atoms with Gasteiger partial charge in [-0.15, -0.1) is 0 Å². The Bertz CT molecular complexity index is 455. The molecule has 4 nitrogen and oxygen atoms in total. The lowest BCUT2D eigenvalue weighted by atomic mass is 10.0. The van der Waals surface area contributed by atoms with E-state index in [2.05, 4.69) is 19.2 Å². The second kappa shape index (κ2) is 5.87. The van der Waals surface area contributed by atoms with Gasteiger partial charge in [-0.1, -0.05) is 26.0 Å². The number of benzene rings is 1. The third-order valence-electron chi connectivity index (χ3n) is 2.42. The van der Waals surface area contributed by atoms with E-state index in [1.54, 1.807) is 32.9 Å². The zero-order chi connectivity index (χ0) is 14.6. The number of hydrogen-bond acceptors (Lipinski definition) is 3. The minimum atomic E-state index is -0.875. The first-order valence-electron chi connectivity index (χ1n) is 6.33. The highest BCUT2D eigenvalue weighted by atomic mass is 16.6. The fraction of sp³-hybridized carbons (Fsp3) is 0.467. The van der Waals surface area contributed by atoms with Crippen LogP contribution >= 0.6 is 0 Å². The summed E-state index contributed by atoms with van der Waals surface area (Å²) in [6.07, 6.45) is 0. The largest absolute Gasteiger partial charge is 0.453 e. The molecule has 0 saturated carbocycles. The predicted molar refractivity (Wildman–Crippen MR) is 75.0 cm³/mol. The molecule has 1 aromatic carbocycles. The standard InChI is InChI=1S/C15H21NO3/c1-10(2)11-6-8-12(9-7-11)16-13(17)14(18)19-15(3,4)5/h6-10H,1-5H3,(H,16,17). The fourth-order valence-electron chi connectivity index (χ4n) is 1.46. The van der Waals surface area contributed by atoms with E-state index < -0.39 is 17.5 Å². The van der Waals surface area contributed by atoms with Gasteiger partial charge in [0.1, 0.15) is 5.60 Å². The van der Waals surface area contributed by atoms with Crippen LogP contribution in [-0.2, 0) is 14.3 Å². The number of esters is 1. The fourth-order valence-corrected chi connectivity index (χ4v) is 1.46. The van der Waals surface area contributed by atoms with Crippen LogP contribution in [0.2, 0.25) is 0 Å². The van der Waals surface area contributed by atoms with E-state index in [4.69, 9.17) is 4.74 Å². The number of carbonyl (C=O) groups is 2. The molecular formula is C15H21NO3. The lowest BCUT2D eigenvalue weighted by Crippen LogP contribution is -2.32. The van der Waals surface area contributed by atoms with Crippen molar-refractivity contribution in [1.29, 1.82) is 0 Å². The van der Waals surface area contributed by atoms with Gasteiger partial charge in [0.2, 0.25) is 0 Å². The molecule has 0 aliphatic carbocycles. The maximum absolute atomic E-state index is 11.6. The quantitative estimate of drug-likeness (QED) is 0.659. The van der Waals surface area contributed by atoms with Crippen LogP contribution in [-0.4, -0.2) is 17.5 Å². The Morgan fingerprint density at radius 1 is 1.11 bits per heavy atom. The first-order chi connectivity index (χ1) is 8.69. The summed E-state index contributed by atoms with van der Waals surface area (Å²) in [4.78, 5) is 23.1. The summed E-state index contributed by atoms with van der Waals surface area (Å²) in [5.41, 5.74) is 1.09. The first-order valence-corrected chi connectivity index (χ1v) is 6.33. The minimum absolute atomic E-state index is 0.426. The SMILES string of the molecule is CC(C)c1ccc(NC(=O)C(=O)OC(C)(C)C)cc1. The van der Waals surface area contributed by atoms with Gasteiger partial charge in [-0.2, -0.15) is 0 Å². The van der Waals surface area contributed by atoms with Crippen molar-refractivity contribution >= 4 is 17.6 Å². The van der Waals surface area contributed by atoms with Gasteiger partial charge in [0.25, 0.3) is 0 Å². The normalized spacial score (nSPS) is 11.3. The first kappa shape index (κ1) is 15.2. The Kier molecular flexibility index (Phi) is 4.70. The van der Waals surface area contributed by atoms with E-state index in [-0.39, 0.29) is 0 Å². The molecule has 0 aliphatic rings. The molecular weight excluding hydrogens is 242 g/mol. The molecule has 0 radical (unpaired) electrons. The number of anilines is 1. The maximum Gasteiger partial charge on any atom is 0.397 e. The second-order valence-corrected chi connectivity index (χ2v) is 5.73. The van der Waals surface area contributed by atoms with Crippen LogP contribution in [0.3, 0.4) is 0 Å². The summed E-state index contributed by atoms with van der Waals surface area (Å²) in [5.74, 6) is -1.21. The van der Waals surface area contributed by atoms with Gasteiger partial charge in [-0.3, -0.25) is 4.79 Å². The molecule has 1 aromatic rings. The van der Waals surface area contributed by atoms with Crippen molar-refractivity contribution < 1.29 is 14.3 Å². The number of rotatable bonds is 2. The van der Waals surface area contributed by atoms with E-state index in [0.717, 1.165) is 0 Å². The monoisotopic (exact) mass is 263 g/mol. The molecule has 4 heteroatoms. The summed E-state index contributed by atoms with van der Waals surface area (Å²) in [5, 5.41) is 2.52. The Hall–Kier alpha value is -1.84. The molecule has 0 bridgehead atoms. The number of carbonyl (C=O) groups excluding carboxylic acids is 2. The molecule has 0 fully saturated rings. The average molecular weight is 263 g/mol. The van der Waals surface area contributed by atoms with Crippen LogP contribution < -0.4 is 5.32 Å². The van der Waals surface area contributed by atoms with Gasteiger partial charge in [-0.05, 0) is 44.4 Å². The van der Waals surface area contributed by atoms with Crippen LogP contribution in [0.25, 0.3) is 0 Å². The highest BCUT2D eigenvalue weighted by molar-refractivity contribution is 6.37. The van der Waals surface area contributed by atoms with Gasteiger partial charge in [0, 0.05) is 5.69 Å². The third kappa shape index (κ3) is 5.12. The van der Waals surface area contributed by atoms with Crippen LogP contribution in [0.15, 0.2) is 24.3 Å². The van der Waals surface area contributed by atoms with E-state index in [0.29, 0.717) is 11.6 Å². The molecule has 104 valence electrons. The van der Waals surface area contributed by atoms with Crippen LogP contribution in [0, 0.1) is 0 Å². The van der Waals surface area contributed by atoms with E-state index in [1.807, 2.05) is 12.1 Å². The molecule has 1 N–H and O–H groups in total. The topological polar surface area (TPSA) is 55.4 Å². The molecule has 0 aromatic heterocycles. The molecule has 0 saturated heterocycles. The molecule has 0 atom stereocenters. The van der Waals surface area contributed by atoms with Crippen molar-refractivity contribution in [1.82, 2.24) is 0 Å². The van der Waals surface area contributed by atoms with Crippen LogP contribution in [0.1, 0.15) is 46.1 Å². The van der Waals surface area contributed by atoms with Crippen LogP contribution in [0.5, 0.6) is 0 Å². The second-order valence-electron chi connectivity index (χ2n) is 5.73. The number of amides is 1.